The largest absolute Gasteiger partial charge is 0.475 e. The van der Waals surface area contributed by atoms with E-state index in [1.165, 1.54) is 0 Å². The van der Waals surface area contributed by atoms with Crippen molar-refractivity contribution in [3.05, 3.63) is 36.0 Å². The van der Waals surface area contributed by atoms with Crippen LogP contribution in [-0.2, 0) is 5.88 Å². The minimum absolute atomic E-state index is 0.0558. The van der Waals surface area contributed by atoms with Crippen molar-refractivity contribution >= 4 is 22.4 Å². The maximum absolute atomic E-state index is 5.98. The van der Waals surface area contributed by atoms with Gasteiger partial charge in [-0.15, -0.1) is 11.6 Å². The number of pyridine rings is 1. The standard InChI is InChI=1S/C16H21ClN2O/c1-16(2,19(3)4)11-20-15-14-8-6-5-7-12(14)9-13(10-17)18-15/h5-9H,10-11H2,1-4H3. The van der Waals surface area contributed by atoms with Gasteiger partial charge in [0, 0.05) is 10.9 Å². The third-order valence-corrected chi connectivity index (χ3v) is 3.94. The van der Waals surface area contributed by atoms with Gasteiger partial charge in [-0.05, 0) is 45.5 Å². The Balaban J connectivity index is 2.33. The van der Waals surface area contributed by atoms with Crippen LogP contribution in [0.3, 0.4) is 0 Å². The van der Waals surface area contributed by atoms with Crippen molar-refractivity contribution in [2.24, 2.45) is 0 Å². The smallest absolute Gasteiger partial charge is 0.221 e. The molecule has 0 saturated heterocycles. The van der Waals surface area contributed by atoms with Crippen LogP contribution < -0.4 is 4.74 Å². The lowest BCUT2D eigenvalue weighted by Gasteiger charge is -2.32. The summed E-state index contributed by atoms with van der Waals surface area (Å²) in [5.41, 5.74) is 0.780. The molecule has 3 nitrogen and oxygen atoms in total. The van der Waals surface area contributed by atoms with Crippen LogP contribution in [0.2, 0.25) is 0 Å². The van der Waals surface area contributed by atoms with Gasteiger partial charge in [0.05, 0.1) is 11.6 Å². The molecular formula is C16H21ClN2O. The number of hydrogen-bond acceptors (Lipinski definition) is 3. The molecule has 2 aromatic rings. The molecule has 0 unspecified atom stereocenters. The fraction of sp³-hybridized carbons (Fsp3) is 0.438. The van der Waals surface area contributed by atoms with Gasteiger partial charge in [-0.25, -0.2) is 4.98 Å². The third kappa shape index (κ3) is 3.22. The zero-order chi connectivity index (χ0) is 14.8. The number of fused-ring (bicyclic) bond motifs is 1. The van der Waals surface area contributed by atoms with Crippen LogP contribution in [0.5, 0.6) is 5.88 Å². The Bertz CT molecular complexity index is 596. The van der Waals surface area contributed by atoms with Crippen LogP contribution in [0.1, 0.15) is 19.5 Å². The Morgan fingerprint density at radius 3 is 2.60 bits per heavy atom. The Hall–Kier alpha value is -1.32. The van der Waals surface area contributed by atoms with Gasteiger partial charge in [0.2, 0.25) is 5.88 Å². The van der Waals surface area contributed by atoms with Crippen LogP contribution in [0.4, 0.5) is 0 Å². The van der Waals surface area contributed by atoms with Gasteiger partial charge in [-0.3, -0.25) is 0 Å². The van der Waals surface area contributed by atoms with E-state index < -0.39 is 0 Å². The van der Waals surface area contributed by atoms with E-state index in [9.17, 15) is 0 Å². The van der Waals surface area contributed by atoms with Crippen LogP contribution in [-0.4, -0.2) is 36.1 Å². The summed E-state index contributed by atoms with van der Waals surface area (Å²) < 4.78 is 5.98. The summed E-state index contributed by atoms with van der Waals surface area (Å²) in [7, 11) is 4.09. The van der Waals surface area contributed by atoms with Crippen LogP contribution in [0.25, 0.3) is 10.8 Å². The van der Waals surface area contributed by atoms with Gasteiger partial charge in [0.1, 0.15) is 6.61 Å². The van der Waals surface area contributed by atoms with Crippen molar-refractivity contribution in [3.63, 3.8) is 0 Å². The molecule has 0 radical (unpaired) electrons. The number of aromatic nitrogens is 1. The van der Waals surface area contributed by atoms with Crippen molar-refractivity contribution in [2.45, 2.75) is 25.3 Å². The van der Waals surface area contributed by atoms with E-state index in [1.54, 1.807) is 0 Å². The summed E-state index contributed by atoms with van der Waals surface area (Å²) in [6.07, 6.45) is 0. The molecule has 0 N–H and O–H groups in total. The molecule has 2 rings (SSSR count). The summed E-state index contributed by atoms with van der Waals surface area (Å²) in [6, 6.07) is 10.1. The number of alkyl halides is 1. The molecule has 0 amide bonds. The molecule has 1 heterocycles. The van der Waals surface area contributed by atoms with Crippen molar-refractivity contribution in [1.29, 1.82) is 0 Å². The van der Waals surface area contributed by atoms with Gasteiger partial charge in [-0.1, -0.05) is 18.2 Å². The highest BCUT2D eigenvalue weighted by Crippen LogP contribution is 2.26. The first-order chi connectivity index (χ1) is 9.44. The number of hydrogen-bond donors (Lipinski definition) is 0. The topological polar surface area (TPSA) is 25.4 Å². The average Bonchev–Trinajstić information content (AvgIpc) is 2.44. The summed E-state index contributed by atoms with van der Waals surface area (Å²) in [5, 5.41) is 2.13. The highest BCUT2D eigenvalue weighted by Gasteiger charge is 2.22. The Morgan fingerprint density at radius 1 is 1.25 bits per heavy atom. The zero-order valence-corrected chi connectivity index (χ0v) is 13.2. The minimum atomic E-state index is -0.0558. The fourth-order valence-electron chi connectivity index (χ4n) is 1.77. The molecule has 0 aliphatic heterocycles. The molecule has 1 aromatic carbocycles. The molecule has 0 aliphatic carbocycles. The molecule has 0 fully saturated rings. The van der Waals surface area contributed by atoms with E-state index in [1.807, 2.05) is 38.4 Å². The van der Waals surface area contributed by atoms with E-state index >= 15 is 0 Å². The van der Waals surface area contributed by atoms with Crippen LogP contribution in [0, 0.1) is 0 Å². The van der Waals surface area contributed by atoms with Crippen molar-refractivity contribution in [2.75, 3.05) is 20.7 Å². The van der Waals surface area contributed by atoms with Gasteiger partial charge >= 0.3 is 0 Å². The van der Waals surface area contributed by atoms with E-state index in [0.29, 0.717) is 18.4 Å². The first-order valence-electron chi connectivity index (χ1n) is 6.69. The molecule has 4 heteroatoms. The van der Waals surface area contributed by atoms with Crippen molar-refractivity contribution in [3.8, 4) is 5.88 Å². The molecular weight excluding hydrogens is 272 g/mol. The Kier molecular flexibility index (Phi) is 4.51. The van der Waals surface area contributed by atoms with Gasteiger partial charge in [-0.2, -0.15) is 0 Å². The number of nitrogens with zero attached hydrogens (tertiary/aromatic N) is 2. The molecule has 0 atom stereocenters. The first-order valence-corrected chi connectivity index (χ1v) is 7.22. The van der Waals surface area contributed by atoms with Crippen LogP contribution >= 0.6 is 11.6 Å². The van der Waals surface area contributed by atoms with E-state index in [-0.39, 0.29) is 5.54 Å². The minimum Gasteiger partial charge on any atom is -0.475 e. The second kappa shape index (κ2) is 5.98. The summed E-state index contributed by atoms with van der Waals surface area (Å²) in [5.74, 6) is 1.05. The van der Waals surface area contributed by atoms with Crippen molar-refractivity contribution in [1.82, 2.24) is 9.88 Å². The normalized spacial score (nSPS) is 12.1. The summed E-state index contributed by atoms with van der Waals surface area (Å²) >= 11 is 5.91. The number of rotatable bonds is 5. The van der Waals surface area contributed by atoms with Gasteiger partial charge < -0.3 is 9.64 Å². The summed E-state index contributed by atoms with van der Waals surface area (Å²) in [6.45, 7) is 4.85. The summed E-state index contributed by atoms with van der Waals surface area (Å²) in [4.78, 5) is 6.65. The third-order valence-electron chi connectivity index (χ3n) is 3.67. The Labute approximate surface area is 125 Å². The molecule has 1 aromatic heterocycles. The molecule has 20 heavy (non-hydrogen) atoms. The maximum atomic E-state index is 5.98. The fourth-order valence-corrected chi connectivity index (χ4v) is 1.91. The predicted molar refractivity (Wildman–Crippen MR) is 84.6 cm³/mol. The monoisotopic (exact) mass is 292 g/mol. The van der Waals surface area contributed by atoms with Crippen molar-refractivity contribution < 1.29 is 4.74 Å². The number of likely N-dealkylation sites (N-methyl/N-ethyl adjacent to an activating group) is 1. The van der Waals surface area contributed by atoms with E-state index in [0.717, 1.165) is 16.5 Å². The number of ether oxygens (including phenoxy) is 1. The maximum Gasteiger partial charge on any atom is 0.221 e. The average molecular weight is 293 g/mol. The molecule has 0 aliphatic rings. The van der Waals surface area contributed by atoms with E-state index in [4.69, 9.17) is 16.3 Å². The second-order valence-corrected chi connectivity index (χ2v) is 6.04. The van der Waals surface area contributed by atoms with Gasteiger partial charge in [0.25, 0.3) is 0 Å². The molecule has 0 bridgehead atoms. The lowest BCUT2D eigenvalue weighted by Crippen LogP contribution is -2.43. The first kappa shape index (κ1) is 15.1. The lowest BCUT2D eigenvalue weighted by molar-refractivity contribution is 0.112. The lowest BCUT2D eigenvalue weighted by atomic mass is 10.1. The predicted octanol–water partition coefficient (Wildman–Crippen LogP) is 3.69. The van der Waals surface area contributed by atoms with Gasteiger partial charge in [0.15, 0.2) is 0 Å². The highest BCUT2D eigenvalue weighted by molar-refractivity contribution is 6.17. The molecule has 0 spiro atoms. The number of halogens is 1. The molecule has 108 valence electrons. The van der Waals surface area contributed by atoms with Crippen LogP contribution in [0.15, 0.2) is 30.3 Å². The quantitative estimate of drug-likeness (QED) is 0.786. The second-order valence-electron chi connectivity index (χ2n) is 5.77. The molecule has 0 saturated carbocycles. The van der Waals surface area contributed by atoms with E-state index in [2.05, 4.69) is 29.8 Å². The SMILES string of the molecule is CN(C)C(C)(C)COc1nc(CCl)cc2ccccc12. The number of benzene rings is 1. The zero-order valence-electron chi connectivity index (χ0n) is 12.5. The Morgan fingerprint density at radius 2 is 1.95 bits per heavy atom. The highest BCUT2D eigenvalue weighted by atomic mass is 35.5.